The SMILES string of the molecule is O=C1NC(c2cccnc2)(C2CCNCC2)C(=O)N1CC(F)F. The number of nitrogens with zero attached hydrogens (tertiary/aromatic N) is 2. The number of piperidine rings is 1. The van der Waals surface area contributed by atoms with Crippen LogP contribution < -0.4 is 10.6 Å². The largest absolute Gasteiger partial charge is 0.325 e. The van der Waals surface area contributed by atoms with Gasteiger partial charge in [-0.2, -0.15) is 0 Å². The van der Waals surface area contributed by atoms with Crippen LogP contribution in [0.5, 0.6) is 0 Å². The number of hydrogen-bond donors (Lipinski definition) is 2. The first-order valence-electron chi connectivity index (χ1n) is 7.59. The van der Waals surface area contributed by atoms with Crippen molar-refractivity contribution in [1.82, 2.24) is 20.5 Å². The van der Waals surface area contributed by atoms with Crippen LogP contribution in [0.25, 0.3) is 0 Å². The number of rotatable bonds is 4. The van der Waals surface area contributed by atoms with Gasteiger partial charge in [0.2, 0.25) is 0 Å². The first-order chi connectivity index (χ1) is 11.1. The van der Waals surface area contributed by atoms with Crippen LogP contribution in [0.2, 0.25) is 0 Å². The Labute approximate surface area is 132 Å². The van der Waals surface area contributed by atoms with Gasteiger partial charge in [-0.05, 0) is 37.9 Å². The van der Waals surface area contributed by atoms with E-state index in [0.717, 1.165) is 0 Å². The number of carbonyl (C=O) groups excluding carboxylic acids is 2. The zero-order chi connectivity index (χ0) is 16.4. The number of urea groups is 1. The van der Waals surface area contributed by atoms with Crippen LogP contribution in [0, 0.1) is 5.92 Å². The molecule has 0 spiro atoms. The summed E-state index contributed by atoms with van der Waals surface area (Å²) in [6.45, 7) is 0.535. The summed E-state index contributed by atoms with van der Waals surface area (Å²) in [7, 11) is 0. The van der Waals surface area contributed by atoms with Crippen molar-refractivity contribution in [3.8, 4) is 0 Å². The smallest absolute Gasteiger partial charge is 0.319 e. The zero-order valence-corrected chi connectivity index (χ0v) is 12.5. The predicted molar refractivity (Wildman–Crippen MR) is 77.8 cm³/mol. The number of aromatic nitrogens is 1. The molecule has 0 radical (unpaired) electrons. The third kappa shape index (κ3) is 2.67. The van der Waals surface area contributed by atoms with Crippen molar-refractivity contribution in [1.29, 1.82) is 0 Å². The van der Waals surface area contributed by atoms with Gasteiger partial charge >= 0.3 is 6.03 Å². The highest BCUT2D eigenvalue weighted by molar-refractivity contribution is 6.07. The summed E-state index contributed by atoms with van der Waals surface area (Å²) in [4.78, 5) is 29.8. The van der Waals surface area contributed by atoms with E-state index in [1.807, 2.05) is 0 Å². The van der Waals surface area contributed by atoms with Crippen LogP contribution in [0.4, 0.5) is 13.6 Å². The fourth-order valence-electron chi connectivity index (χ4n) is 3.46. The Morgan fingerprint density at radius 2 is 2.09 bits per heavy atom. The number of nitrogens with one attached hydrogen (secondary N) is 2. The van der Waals surface area contributed by atoms with E-state index in [-0.39, 0.29) is 5.92 Å². The summed E-state index contributed by atoms with van der Waals surface area (Å²) in [5, 5.41) is 5.90. The Kier molecular flexibility index (Phi) is 4.25. The van der Waals surface area contributed by atoms with Crippen molar-refractivity contribution in [2.75, 3.05) is 19.6 Å². The Hall–Kier alpha value is -2.09. The van der Waals surface area contributed by atoms with Crippen LogP contribution in [-0.2, 0) is 10.3 Å². The van der Waals surface area contributed by atoms with Gasteiger partial charge in [-0.3, -0.25) is 14.7 Å². The highest BCUT2D eigenvalue weighted by atomic mass is 19.3. The molecular formula is C15H18F2N4O2. The average molecular weight is 324 g/mol. The first-order valence-corrected chi connectivity index (χ1v) is 7.59. The van der Waals surface area contributed by atoms with E-state index in [1.165, 1.54) is 6.20 Å². The van der Waals surface area contributed by atoms with Gasteiger partial charge in [-0.25, -0.2) is 13.6 Å². The minimum Gasteiger partial charge on any atom is -0.319 e. The van der Waals surface area contributed by atoms with Gasteiger partial charge in [0.15, 0.2) is 5.54 Å². The van der Waals surface area contributed by atoms with Crippen LogP contribution in [0.15, 0.2) is 24.5 Å². The second-order valence-electron chi connectivity index (χ2n) is 5.81. The molecule has 3 rings (SSSR count). The van der Waals surface area contributed by atoms with Crippen molar-refractivity contribution < 1.29 is 18.4 Å². The van der Waals surface area contributed by atoms with E-state index in [1.54, 1.807) is 18.3 Å². The Balaban J connectivity index is 2.03. The summed E-state index contributed by atoms with van der Waals surface area (Å²) < 4.78 is 25.5. The summed E-state index contributed by atoms with van der Waals surface area (Å²) in [6, 6.07) is 2.62. The number of alkyl halides is 2. The van der Waals surface area contributed by atoms with Crippen molar-refractivity contribution >= 4 is 11.9 Å². The zero-order valence-electron chi connectivity index (χ0n) is 12.5. The lowest BCUT2D eigenvalue weighted by atomic mass is 9.74. The van der Waals surface area contributed by atoms with Gasteiger partial charge in [-0.15, -0.1) is 0 Å². The molecule has 3 amide bonds. The molecule has 0 bridgehead atoms. The molecule has 124 valence electrons. The fraction of sp³-hybridized carbons (Fsp3) is 0.533. The molecule has 23 heavy (non-hydrogen) atoms. The number of imide groups is 1. The minimum absolute atomic E-state index is 0.160. The lowest BCUT2D eigenvalue weighted by Gasteiger charge is -2.37. The lowest BCUT2D eigenvalue weighted by Crippen LogP contribution is -2.53. The maximum absolute atomic E-state index is 12.9. The number of carbonyl (C=O) groups is 2. The van der Waals surface area contributed by atoms with Crippen molar-refractivity contribution in [2.24, 2.45) is 5.92 Å². The van der Waals surface area contributed by atoms with Gasteiger partial charge in [-0.1, -0.05) is 6.07 Å². The van der Waals surface area contributed by atoms with Gasteiger partial charge in [0.05, 0.1) is 6.54 Å². The third-order valence-corrected chi connectivity index (χ3v) is 4.52. The molecule has 0 saturated carbocycles. The monoisotopic (exact) mass is 324 g/mol. The molecule has 0 aliphatic carbocycles. The van der Waals surface area contributed by atoms with Crippen molar-refractivity contribution in [3.05, 3.63) is 30.1 Å². The molecule has 2 fully saturated rings. The molecule has 2 aliphatic heterocycles. The lowest BCUT2D eigenvalue weighted by molar-refractivity contribution is -0.135. The normalized spacial score (nSPS) is 26.0. The summed E-state index contributed by atoms with van der Waals surface area (Å²) in [5.41, 5.74) is -0.760. The van der Waals surface area contributed by atoms with Gasteiger partial charge in [0, 0.05) is 18.0 Å². The second-order valence-corrected chi connectivity index (χ2v) is 5.81. The van der Waals surface area contributed by atoms with E-state index in [0.29, 0.717) is 36.4 Å². The number of halogens is 2. The molecule has 2 saturated heterocycles. The molecule has 1 unspecified atom stereocenters. The maximum atomic E-state index is 12.9. The molecule has 1 atom stereocenters. The Morgan fingerprint density at radius 3 is 2.70 bits per heavy atom. The van der Waals surface area contributed by atoms with E-state index in [2.05, 4.69) is 15.6 Å². The summed E-state index contributed by atoms with van der Waals surface area (Å²) >= 11 is 0. The van der Waals surface area contributed by atoms with Crippen LogP contribution in [0.1, 0.15) is 18.4 Å². The number of amides is 3. The highest BCUT2D eigenvalue weighted by Gasteiger charge is 2.57. The molecule has 0 aromatic carbocycles. The first kappa shape index (κ1) is 15.8. The van der Waals surface area contributed by atoms with Gasteiger partial charge < -0.3 is 10.6 Å². The molecule has 6 nitrogen and oxygen atoms in total. The highest BCUT2D eigenvalue weighted by Crippen LogP contribution is 2.40. The summed E-state index contributed by atoms with van der Waals surface area (Å²) in [6.07, 6.45) is 1.67. The summed E-state index contributed by atoms with van der Waals surface area (Å²) in [5.74, 6) is -0.769. The predicted octanol–water partition coefficient (Wildman–Crippen LogP) is 1.09. The van der Waals surface area contributed by atoms with Crippen molar-refractivity contribution in [2.45, 2.75) is 24.8 Å². The molecule has 8 heteroatoms. The Morgan fingerprint density at radius 1 is 1.35 bits per heavy atom. The van der Waals surface area contributed by atoms with E-state index in [9.17, 15) is 18.4 Å². The topological polar surface area (TPSA) is 74.3 Å². The van der Waals surface area contributed by atoms with Crippen molar-refractivity contribution in [3.63, 3.8) is 0 Å². The second kappa shape index (κ2) is 6.19. The van der Waals surface area contributed by atoms with Crippen LogP contribution in [0.3, 0.4) is 0 Å². The standard InChI is InChI=1S/C15H18F2N4O2/c16-12(17)9-21-13(22)15(20-14(21)23,10-3-6-18-7-4-10)11-2-1-5-19-8-11/h1-2,5,8,10,12,18H,3-4,6-7,9H2,(H,20,23). The molecule has 3 heterocycles. The molecular weight excluding hydrogens is 306 g/mol. The van der Waals surface area contributed by atoms with Crippen LogP contribution >= 0.6 is 0 Å². The van der Waals surface area contributed by atoms with Gasteiger partial charge in [0.1, 0.15) is 0 Å². The van der Waals surface area contributed by atoms with Gasteiger partial charge in [0.25, 0.3) is 12.3 Å². The fourth-order valence-corrected chi connectivity index (χ4v) is 3.46. The van der Waals surface area contributed by atoms with E-state index in [4.69, 9.17) is 0 Å². The minimum atomic E-state index is -2.76. The molecule has 2 aliphatic rings. The quantitative estimate of drug-likeness (QED) is 0.813. The molecule has 1 aromatic heterocycles. The Bertz CT molecular complexity index is 592. The average Bonchev–Trinajstić information content (AvgIpc) is 2.82. The molecule has 1 aromatic rings. The van der Waals surface area contributed by atoms with E-state index < -0.39 is 30.4 Å². The maximum Gasteiger partial charge on any atom is 0.325 e. The number of pyridine rings is 1. The number of hydrogen-bond acceptors (Lipinski definition) is 4. The third-order valence-electron chi connectivity index (χ3n) is 4.52. The van der Waals surface area contributed by atoms with Crippen LogP contribution in [-0.4, -0.2) is 47.9 Å². The van der Waals surface area contributed by atoms with E-state index >= 15 is 0 Å². The molecule has 2 N–H and O–H groups in total.